The number of nitrogens with zero attached hydrogens (tertiary/aromatic N) is 2. The summed E-state index contributed by atoms with van der Waals surface area (Å²) in [5, 5.41) is 8.31. The highest BCUT2D eigenvalue weighted by Gasteiger charge is 2.05. The Morgan fingerprint density at radius 2 is 1.88 bits per heavy atom. The number of rotatable bonds is 3. The van der Waals surface area contributed by atoms with Crippen LogP contribution < -0.4 is 21.4 Å². The number of aromatic nitrogens is 3. The van der Waals surface area contributed by atoms with E-state index in [9.17, 15) is 4.79 Å². The molecule has 128 valence electrons. The zero-order valence-electron chi connectivity index (χ0n) is 14.4. The monoisotopic (exact) mass is 342 g/mol. The van der Waals surface area contributed by atoms with Crippen molar-refractivity contribution in [1.29, 1.82) is 0 Å². The molecule has 2 aromatic carbocycles. The van der Waals surface area contributed by atoms with E-state index in [0.29, 0.717) is 10.6 Å². The molecule has 5 nitrogen and oxygen atoms in total. The maximum absolute atomic E-state index is 12.7. The van der Waals surface area contributed by atoms with Crippen molar-refractivity contribution in [2.24, 2.45) is 0 Å². The van der Waals surface area contributed by atoms with E-state index in [1.54, 1.807) is 6.20 Å². The molecule has 0 amide bonds. The topological polar surface area (TPSA) is 62.7 Å². The van der Waals surface area contributed by atoms with Crippen LogP contribution in [0.25, 0.3) is 29.4 Å². The van der Waals surface area contributed by atoms with E-state index in [-0.39, 0.29) is 5.56 Å². The van der Waals surface area contributed by atoms with Gasteiger partial charge in [0.2, 0.25) is 0 Å². The number of hydrogen-bond donors (Lipinski definition) is 2. The van der Waals surface area contributed by atoms with Crippen molar-refractivity contribution in [3.05, 3.63) is 87.3 Å². The molecule has 0 atom stereocenters. The van der Waals surface area contributed by atoms with Crippen molar-refractivity contribution in [2.75, 3.05) is 5.32 Å². The molecule has 0 saturated heterocycles. The van der Waals surface area contributed by atoms with Gasteiger partial charge in [-0.1, -0.05) is 43.0 Å². The molecule has 4 aromatic rings. The third-order valence-electron chi connectivity index (χ3n) is 4.25. The average molecular weight is 342 g/mol. The Kier molecular flexibility index (Phi) is 3.89. The fourth-order valence-electron chi connectivity index (χ4n) is 2.91. The zero-order chi connectivity index (χ0) is 18.1. The number of nitrogens with one attached hydrogen (secondary N) is 2. The number of hydrogen-bond acceptors (Lipinski definition) is 3. The third kappa shape index (κ3) is 2.80. The van der Waals surface area contributed by atoms with Gasteiger partial charge >= 0.3 is 0 Å². The van der Waals surface area contributed by atoms with Crippen LogP contribution in [0.1, 0.15) is 5.69 Å². The highest BCUT2D eigenvalue weighted by molar-refractivity contribution is 5.91. The van der Waals surface area contributed by atoms with E-state index >= 15 is 0 Å². The molecule has 0 fully saturated rings. The second-order valence-electron chi connectivity index (χ2n) is 6.10. The molecule has 0 radical (unpaired) electrons. The first kappa shape index (κ1) is 15.9. The number of H-pyrrole nitrogens is 1. The Bertz CT molecular complexity index is 1250. The molecule has 2 heterocycles. The summed E-state index contributed by atoms with van der Waals surface area (Å²) >= 11 is 0. The van der Waals surface area contributed by atoms with E-state index < -0.39 is 0 Å². The van der Waals surface area contributed by atoms with Crippen LogP contribution in [0, 0.1) is 6.92 Å². The molecule has 4 rings (SSSR count). The number of aryl methyl sites for hydroxylation is 1. The summed E-state index contributed by atoms with van der Waals surface area (Å²) < 4.78 is 1.49. The summed E-state index contributed by atoms with van der Waals surface area (Å²) in [6.07, 6.45) is 1.68. The van der Waals surface area contributed by atoms with Crippen LogP contribution in [0.4, 0.5) is 5.69 Å². The van der Waals surface area contributed by atoms with Gasteiger partial charge in [-0.05, 0) is 31.2 Å². The van der Waals surface area contributed by atoms with Gasteiger partial charge in [0.1, 0.15) is 0 Å². The first-order valence-electron chi connectivity index (χ1n) is 8.32. The molecular formula is C21H18N4O. The number of fused-ring (bicyclic) bond motifs is 1. The Hall–Kier alpha value is -3.60. The smallest absolute Gasteiger partial charge is 0.280 e. The summed E-state index contributed by atoms with van der Waals surface area (Å²) in [7, 11) is 0. The first-order chi connectivity index (χ1) is 12.6. The van der Waals surface area contributed by atoms with Crippen molar-refractivity contribution >= 4 is 29.4 Å². The van der Waals surface area contributed by atoms with Crippen LogP contribution in [0.15, 0.2) is 65.5 Å². The number of para-hydroxylation sites is 2. The van der Waals surface area contributed by atoms with Gasteiger partial charge in [0.15, 0.2) is 0 Å². The summed E-state index contributed by atoms with van der Waals surface area (Å²) in [6, 6.07) is 19.3. The van der Waals surface area contributed by atoms with Crippen LogP contribution in [-0.2, 0) is 0 Å². The van der Waals surface area contributed by atoms with E-state index in [4.69, 9.17) is 0 Å². The maximum atomic E-state index is 12.7. The zero-order valence-corrected chi connectivity index (χ0v) is 14.4. The van der Waals surface area contributed by atoms with Gasteiger partial charge in [0.25, 0.3) is 5.56 Å². The summed E-state index contributed by atoms with van der Waals surface area (Å²) in [5.74, 6) is 0. The van der Waals surface area contributed by atoms with Crippen molar-refractivity contribution in [2.45, 2.75) is 6.92 Å². The quantitative estimate of drug-likeness (QED) is 0.600. The normalized spacial score (nSPS) is 11.8. The lowest BCUT2D eigenvalue weighted by atomic mass is 10.2. The van der Waals surface area contributed by atoms with Crippen molar-refractivity contribution < 1.29 is 0 Å². The van der Waals surface area contributed by atoms with Gasteiger partial charge in [-0.25, -0.2) is 4.68 Å². The first-order valence-corrected chi connectivity index (χ1v) is 8.32. The molecule has 0 aliphatic carbocycles. The molecular weight excluding hydrogens is 324 g/mol. The van der Waals surface area contributed by atoms with E-state index in [1.807, 2.05) is 67.6 Å². The molecule has 0 saturated carbocycles. The van der Waals surface area contributed by atoms with Crippen LogP contribution in [-0.4, -0.2) is 14.8 Å². The average Bonchev–Trinajstić information content (AvgIpc) is 2.95. The fourth-order valence-corrected chi connectivity index (χ4v) is 2.91. The Morgan fingerprint density at radius 3 is 2.69 bits per heavy atom. The fraction of sp³-hybridized carbons (Fsp3) is 0.0476. The molecule has 0 aliphatic heterocycles. The van der Waals surface area contributed by atoms with Gasteiger partial charge in [-0.15, -0.1) is 0 Å². The van der Waals surface area contributed by atoms with E-state index in [0.717, 1.165) is 28.0 Å². The predicted molar refractivity (Wildman–Crippen MR) is 106 cm³/mol. The van der Waals surface area contributed by atoms with Crippen LogP contribution >= 0.6 is 0 Å². The third-order valence-corrected chi connectivity index (χ3v) is 4.25. The lowest BCUT2D eigenvalue weighted by Gasteiger charge is -2.05. The van der Waals surface area contributed by atoms with Gasteiger partial charge in [-0.2, -0.15) is 0 Å². The summed E-state index contributed by atoms with van der Waals surface area (Å²) in [5.41, 5.74) is 3.27. The second kappa shape index (κ2) is 6.37. The highest BCUT2D eigenvalue weighted by atomic mass is 16.1. The second-order valence-corrected chi connectivity index (χ2v) is 6.10. The van der Waals surface area contributed by atoms with E-state index in [2.05, 4.69) is 22.0 Å². The molecule has 2 aromatic heterocycles. The minimum Gasteiger partial charge on any atom is -0.359 e. The van der Waals surface area contributed by atoms with Crippen molar-refractivity contribution in [3.8, 4) is 5.69 Å². The standard InChI is InChI=1S/C21H18N4O/c1-14-11-12-16-7-6-10-19(20(16)23-14)22-13-18-15(2)24-25(21(18)26)17-8-4-3-5-9-17/h3-13,22,24H,2H2,1H3/b18-13-. The Morgan fingerprint density at radius 1 is 1.08 bits per heavy atom. The number of benzene rings is 2. The molecule has 5 heteroatoms. The van der Waals surface area contributed by atoms with Crippen molar-refractivity contribution in [3.63, 3.8) is 0 Å². The predicted octanol–water partition coefficient (Wildman–Crippen LogP) is 2.28. The molecule has 0 unspecified atom stereocenters. The van der Waals surface area contributed by atoms with Crippen LogP contribution in [0.5, 0.6) is 0 Å². The molecule has 2 N–H and O–H groups in total. The van der Waals surface area contributed by atoms with Gasteiger partial charge in [0, 0.05) is 17.3 Å². The number of anilines is 1. The van der Waals surface area contributed by atoms with Gasteiger partial charge in [0.05, 0.1) is 27.5 Å². The Balaban J connectivity index is 1.80. The largest absolute Gasteiger partial charge is 0.359 e. The molecule has 0 aliphatic rings. The minimum atomic E-state index is -0.155. The SMILES string of the molecule is C=c1[nH]n(-c2ccccc2)c(=O)/c1=C\Nc1cccc2ccc(C)nc12. The Labute approximate surface area is 149 Å². The van der Waals surface area contributed by atoms with Gasteiger partial charge < -0.3 is 5.32 Å². The molecule has 0 spiro atoms. The molecule has 0 bridgehead atoms. The van der Waals surface area contributed by atoms with E-state index in [1.165, 1.54) is 4.68 Å². The lowest BCUT2D eigenvalue weighted by molar-refractivity contribution is 0.838. The van der Waals surface area contributed by atoms with Gasteiger partial charge in [-0.3, -0.25) is 14.9 Å². The number of pyridine rings is 1. The lowest BCUT2D eigenvalue weighted by Crippen LogP contribution is -2.34. The van der Waals surface area contributed by atoms with Crippen LogP contribution in [0.2, 0.25) is 0 Å². The summed E-state index contributed by atoms with van der Waals surface area (Å²) in [6.45, 7) is 5.91. The number of aromatic amines is 1. The maximum Gasteiger partial charge on any atom is 0.280 e. The highest BCUT2D eigenvalue weighted by Crippen LogP contribution is 2.21. The minimum absolute atomic E-state index is 0.155. The van der Waals surface area contributed by atoms with Crippen LogP contribution in [0.3, 0.4) is 0 Å². The van der Waals surface area contributed by atoms with Crippen molar-refractivity contribution in [1.82, 2.24) is 14.8 Å². The summed E-state index contributed by atoms with van der Waals surface area (Å²) in [4.78, 5) is 17.3. The molecule has 26 heavy (non-hydrogen) atoms.